The third kappa shape index (κ3) is 5.96. The van der Waals surface area contributed by atoms with Crippen LogP contribution in [0.15, 0.2) is 84.9 Å². The molecule has 0 aromatic heterocycles. The van der Waals surface area contributed by atoms with Crippen molar-refractivity contribution in [2.75, 3.05) is 7.11 Å². The van der Waals surface area contributed by atoms with E-state index in [4.69, 9.17) is 9.47 Å². The lowest BCUT2D eigenvalue weighted by atomic mass is 10.1. The molecule has 0 bridgehead atoms. The molecule has 3 aromatic rings. The van der Waals surface area contributed by atoms with Crippen LogP contribution >= 0.6 is 0 Å². The van der Waals surface area contributed by atoms with Crippen LogP contribution in [0.3, 0.4) is 0 Å². The fourth-order valence-corrected chi connectivity index (χ4v) is 2.86. The van der Waals surface area contributed by atoms with Gasteiger partial charge in [-0.2, -0.15) is 0 Å². The lowest BCUT2D eigenvalue weighted by Gasteiger charge is -2.17. The fourth-order valence-electron chi connectivity index (χ4n) is 2.86. The summed E-state index contributed by atoms with van der Waals surface area (Å²) in [6.45, 7) is 0.498. The van der Waals surface area contributed by atoms with E-state index in [1.807, 2.05) is 60.7 Å². The van der Waals surface area contributed by atoms with Crippen molar-refractivity contribution >= 4 is 5.91 Å². The Morgan fingerprint density at radius 2 is 1.46 bits per heavy atom. The van der Waals surface area contributed by atoms with Crippen molar-refractivity contribution in [1.82, 2.24) is 5.32 Å². The SMILES string of the molecule is COC(CCc1ccccc1)NC(=O)c1ccc(OCc2ccccc2)cc1. The zero-order valence-electron chi connectivity index (χ0n) is 16.0. The number of ether oxygens (including phenoxy) is 2. The van der Waals surface area contributed by atoms with Crippen molar-refractivity contribution in [3.63, 3.8) is 0 Å². The molecule has 144 valence electrons. The number of carbonyl (C=O) groups excluding carboxylic acids is 1. The molecule has 0 radical (unpaired) electrons. The minimum Gasteiger partial charge on any atom is -0.489 e. The van der Waals surface area contributed by atoms with Crippen LogP contribution in [0.5, 0.6) is 5.75 Å². The molecule has 3 aromatic carbocycles. The molecule has 0 aliphatic heterocycles. The minimum atomic E-state index is -0.332. The topological polar surface area (TPSA) is 47.6 Å². The number of nitrogens with one attached hydrogen (secondary N) is 1. The maximum absolute atomic E-state index is 12.5. The smallest absolute Gasteiger partial charge is 0.253 e. The summed E-state index contributed by atoms with van der Waals surface area (Å²) >= 11 is 0. The van der Waals surface area contributed by atoms with Gasteiger partial charge >= 0.3 is 0 Å². The molecule has 4 nitrogen and oxygen atoms in total. The normalized spacial score (nSPS) is 11.6. The Balaban J connectivity index is 1.50. The second-order valence-electron chi connectivity index (χ2n) is 6.52. The molecular weight excluding hydrogens is 350 g/mol. The van der Waals surface area contributed by atoms with Crippen LogP contribution in [-0.2, 0) is 17.8 Å². The maximum atomic E-state index is 12.5. The van der Waals surface area contributed by atoms with Gasteiger partial charge in [-0.1, -0.05) is 60.7 Å². The van der Waals surface area contributed by atoms with Crippen molar-refractivity contribution in [2.24, 2.45) is 0 Å². The average Bonchev–Trinajstić information content (AvgIpc) is 2.77. The van der Waals surface area contributed by atoms with Gasteiger partial charge in [0.1, 0.15) is 18.6 Å². The molecule has 4 heteroatoms. The molecule has 0 aliphatic carbocycles. The quantitative estimate of drug-likeness (QED) is 0.556. The number of aryl methyl sites for hydroxylation is 1. The highest BCUT2D eigenvalue weighted by atomic mass is 16.5. The van der Waals surface area contributed by atoms with E-state index >= 15 is 0 Å². The lowest BCUT2D eigenvalue weighted by molar-refractivity contribution is 0.0540. The molecule has 0 spiro atoms. The van der Waals surface area contributed by atoms with Crippen molar-refractivity contribution in [3.8, 4) is 5.75 Å². The van der Waals surface area contributed by atoms with Gasteiger partial charge < -0.3 is 14.8 Å². The highest BCUT2D eigenvalue weighted by Gasteiger charge is 2.13. The molecule has 1 amide bonds. The maximum Gasteiger partial charge on any atom is 0.253 e. The Bertz CT molecular complexity index is 848. The summed E-state index contributed by atoms with van der Waals surface area (Å²) in [7, 11) is 1.61. The molecule has 3 rings (SSSR count). The molecule has 0 saturated heterocycles. The van der Waals surface area contributed by atoms with Crippen LogP contribution in [0.25, 0.3) is 0 Å². The first-order chi connectivity index (χ1) is 13.7. The summed E-state index contributed by atoms with van der Waals surface area (Å²) in [4.78, 5) is 12.5. The van der Waals surface area contributed by atoms with Crippen LogP contribution < -0.4 is 10.1 Å². The van der Waals surface area contributed by atoms with Crippen molar-refractivity contribution in [2.45, 2.75) is 25.7 Å². The summed E-state index contributed by atoms with van der Waals surface area (Å²) < 4.78 is 11.2. The summed E-state index contributed by atoms with van der Waals surface area (Å²) in [5.74, 6) is 0.572. The molecule has 0 fully saturated rings. The molecular formula is C24H25NO3. The fraction of sp³-hybridized carbons (Fsp3) is 0.208. The van der Waals surface area contributed by atoms with Crippen LogP contribution in [-0.4, -0.2) is 19.2 Å². The van der Waals surface area contributed by atoms with Crippen molar-refractivity contribution in [1.29, 1.82) is 0 Å². The van der Waals surface area contributed by atoms with Gasteiger partial charge in [-0.05, 0) is 48.2 Å². The van der Waals surface area contributed by atoms with Crippen LogP contribution in [0, 0.1) is 0 Å². The van der Waals surface area contributed by atoms with Gasteiger partial charge in [0.05, 0.1) is 0 Å². The predicted octanol–water partition coefficient (Wildman–Crippen LogP) is 4.60. The van der Waals surface area contributed by atoms with Crippen LogP contribution in [0.2, 0.25) is 0 Å². The minimum absolute atomic E-state index is 0.158. The summed E-state index contributed by atoms with van der Waals surface area (Å²) in [5.41, 5.74) is 2.90. The molecule has 0 aliphatic rings. The van der Waals surface area contributed by atoms with Gasteiger partial charge in [0, 0.05) is 12.7 Å². The van der Waals surface area contributed by atoms with E-state index in [1.165, 1.54) is 5.56 Å². The van der Waals surface area contributed by atoms with Crippen molar-refractivity contribution < 1.29 is 14.3 Å². The van der Waals surface area contributed by atoms with Gasteiger partial charge in [-0.25, -0.2) is 0 Å². The average molecular weight is 375 g/mol. The molecule has 0 saturated carbocycles. The number of rotatable bonds is 9. The predicted molar refractivity (Wildman–Crippen MR) is 110 cm³/mol. The number of carbonyl (C=O) groups is 1. The Labute approximate surface area is 166 Å². The number of hydrogen-bond donors (Lipinski definition) is 1. The van der Waals surface area contributed by atoms with E-state index in [1.54, 1.807) is 19.2 Å². The van der Waals surface area contributed by atoms with Crippen LogP contribution in [0.1, 0.15) is 27.9 Å². The van der Waals surface area contributed by atoms with E-state index in [9.17, 15) is 4.79 Å². The number of benzene rings is 3. The highest BCUT2D eigenvalue weighted by molar-refractivity contribution is 5.94. The Morgan fingerprint density at radius 1 is 0.857 bits per heavy atom. The number of amides is 1. The summed E-state index contributed by atoms with van der Waals surface area (Å²) in [5, 5.41) is 2.93. The zero-order chi connectivity index (χ0) is 19.6. The molecule has 1 N–H and O–H groups in total. The van der Waals surface area contributed by atoms with Crippen LogP contribution in [0.4, 0.5) is 0 Å². The second-order valence-corrected chi connectivity index (χ2v) is 6.52. The third-order valence-corrected chi connectivity index (χ3v) is 4.48. The number of hydrogen-bond acceptors (Lipinski definition) is 3. The Morgan fingerprint density at radius 3 is 2.07 bits per heavy atom. The van der Waals surface area contributed by atoms with Gasteiger partial charge in [-0.3, -0.25) is 4.79 Å². The van der Waals surface area contributed by atoms with E-state index in [-0.39, 0.29) is 12.1 Å². The second kappa shape index (κ2) is 10.3. The highest BCUT2D eigenvalue weighted by Crippen LogP contribution is 2.15. The monoisotopic (exact) mass is 375 g/mol. The number of methoxy groups -OCH3 is 1. The largest absolute Gasteiger partial charge is 0.489 e. The molecule has 0 heterocycles. The first-order valence-corrected chi connectivity index (χ1v) is 9.39. The van der Waals surface area contributed by atoms with Crippen molar-refractivity contribution in [3.05, 3.63) is 102 Å². The lowest BCUT2D eigenvalue weighted by Crippen LogP contribution is -2.36. The first-order valence-electron chi connectivity index (χ1n) is 9.39. The van der Waals surface area contributed by atoms with E-state index in [0.29, 0.717) is 18.6 Å². The van der Waals surface area contributed by atoms with E-state index in [0.717, 1.165) is 17.7 Å². The standard InChI is InChI=1S/C24H25NO3/c1-27-23(17-12-19-8-4-2-5-9-19)25-24(26)21-13-15-22(16-14-21)28-18-20-10-6-3-7-11-20/h2-11,13-16,23H,12,17-18H2,1H3,(H,25,26). The molecule has 1 atom stereocenters. The Kier molecular flexibility index (Phi) is 7.21. The molecule has 28 heavy (non-hydrogen) atoms. The zero-order valence-corrected chi connectivity index (χ0v) is 16.0. The van der Waals surface area contributed by atoms with Gasteiger partial charge in [0.25, 0.3) is 5.91 Å². The summed E-state index contributed by atoms with van der Waals surface area (Å²) in [6.07, 6.45) is 1.22. The van der Waals surface area contributed by atoms with E-state index in [2.05, 4.69) is 17.4 Å². The van der Waals surface area contributed by atoms with Gasteiger partial charge in [0.15, 0.2) is 0 Å². The van der Waals surface area contributed by atoms with Gasteiger partial charge in [0.2, 0.25) is 0 Å². The first kappa shape index (κ1) is 19.6. The molecule has 1 unspecified atom stereocenters. The summed E-state index contributed by atoms with van der Waals surface area (Å²) in [6, 6.07) is 27.3. The third-order valence-electron chi connectivity index (χ3n) is 4.48. The Hall–Kier alpha value is -3.11. The van der Waals surface area contributed by atoms with Gasteiger partial charge in [-0.15, -0.1) is 0 Å². The van der Waals surface area contributed by atoms with E-state index < -0.39 is 0 Å².